The zero-order valence-electron chi connectivity index (χ0n) is 9.70. The molecule has 0 aromatic carbocycles. The topological polar surface area (TPSA) is 57.8 Å². The van der Waals surface area contributed by atoms with Crippen molar-refractivity contribution in [1.29, 1.82) is 0 Å². The predicted molar refractivity (Wildman–Crippen MR) is 80.8 cm³/mol. The van der Waals surface area contributed by atoms with Crippen LogP contribution in [0.1, 0.15) is 25.7 Å². The molecule has 94 valence electrons. The van der Waals surface area contributed by atoms with Crippen LogP contribution >= 0.6 is 34.4 Å². The first-order valence-corrected chi connectivity index (χ1v) is 8.11. The number of hydrogen-bond donors (Lipinski definition) is 2. The van der Waals surface area contributed by atoms with Crippen LogP contribution in [-0.2, 0) is 0 Å². The summed E-state index contributed by atoms with van der Waals surface area (Å²) in [6.07, 6.45) is 8.59. The largest absolute Gasteiger partial charge is 0.365 e. The zero-order chi connectivity index (χ0) is 12.3. The Hall–Kier alpha value is -0.240. The van der Waals surface area contributed by atoms with Gasteiger partial charge in [0.1, 0.15) is 9.39 Å². The van der Waals surface area contributed by atoms with Crippen LogP contribution < -0.4 is 10.9 Å². The number of nitrogens with zero attached hydrogens (tertiary/aromatic N) is 1. The van der Waals surface area contributed by atoms with E-state index < -0.39 is 0 Å². The van der Waals surface area contributed by atoms with Gasteiger partial charge in [-0.05, 0) is 41.7 Å². The molecule has 2 N–H and O–H groups in total. The monoisotopic (exact) mass is 365 g/mol. The second-order valence-electron chi connectivity index (χ2n) is 4.20. The summed E-state index contributed by atoms with van der Waals surface area (Å²) in [5.41, 5.74) is -0.0698. The molecule has 0 radical (unpaired) electrons. The van der Waals surface area contributed by atoms with Crippen LogP contribution in [0.25, 0.3) is 0 Å². The number of aromatic amines is 1. The van der Waals surface area contributed by atoms with Gasteiger partial charge in [-0.1, -0.05) is 12.8 Å². The molecule has 0 saturated heterocycles. The van der Waals surface area contributed by atoms with Crippen molar-refractivity contribution in [3.8, 4) is 0 Å². The normalized spacial score (nSPS) is 24.6. The van der Waals surface area contributed by atoms with Gasteiger partial charge in [0.25, 0.3) is 5.56 Å². The Kier molecular flexibility index (Phi) is 4.72. The molecule has 2 unspecified atom stereocenters. The molecule has 17 heavy (non-hydrogen) atoms. The van der Waals surface area contributed by atoms with Crippen LogP contribution in [0.5, 0.6) is 0 Å². The molecule has 1 aliphatic carbocycles. The molecule has 1 aromatic heterocycles. The Morgan fingerprint density at radius 2 is 2.29 bits per heavy atom. The molecule has 1 heterocycles. The van der Waals surface area contributed by atoms with Gasteiger partial charge >= 0.3 is 0 Å². The van der Waals surface area contributed by atoms with Gasteiger partial charge in [-0.15, -0.1) is 0 Å². The maximum atomic E-state index is 11.5. The van der Waals surface area contributed by atoms with Gasteiger partial charge < -0.3 is 10.3 Å². The van der Waals surface area contributed by atoms with E-state index in [2.05, 4.69) is 21.5 Å². The lowest BCUT2D eigenvalue weighted by Crippen LogP contribution is -2.35. The average molecular weight is 365 g/mol. The van der Waals surface area contributed by atoms with Crippen LogP contribution in [0.15, 0.2) is 11.1 Å². The number of thioether (sulfide) groups is 1. The lowest BCUT2D eigenvalue weighted by molar-refractivity contribution is 0.474. The van der Waals surface area contributed by atoms with Gasteiger partial charge in [0.2, 0.25) is 0 Å². The van der Waals surface area contributed by atoms with E-state index in [-0.39, 0.29) is 5.56 Å². The van der Waals surface area contributed by atoms with Crippen LogP contribution in [0.3, 0.4) is 0 Å². The highest BCUT2D eigenvalue weighted by Crippen LogP contribution is 2.29. The van der Waals surface area contributed by atoms with E-state index in [1.54, 1.807) is 0 Å². The van der Waals surface area contributed by atoms with Crippen LogP contribution in [-0.4, -0.2) is 27.5 Å². The van der Waals surface area contributed by atoms with Crippen molar-refractivity contribution >= 4 is 40.2 Å². The minimum atomic E-state index is -0.0698. The van der Waals surface area contributed by atoms with Gasteiger partial charge in [0.05, 0.1) is 6.33 Å². The molecule has 1 aliphatic rings. The molecule has 6 heteroatoms. The van der Waals surface area contributed by atoms with Gasteiger partial charge in [-0.3, -0.25) is 4.79 Å². The van der Waals surface area contributed by atoms with Gasteiger partial charge in [0, 0.05) is 11.3 Å². The van der Waals surface area contributed by atoms with Crippen molar-refractivity contribution in [3.63, 3.8) is 0 Å². The van der Waals surface area contributed by atoms with Crippen LogP contribution in [0.4, 0.5) is 5.82 Å². The van der Waals surface area contributed by atoms with Gasteiger partial charge in [-0.2, -0.15) is 11.8 Å². The Morgan fingerprint density at radius 1 is 1.53 bits per heavy atom. The van der Waals surface area contributed by atoms with Crippen molar-refractivity contribution in [2.45, 2.75) is 37.0 Å². The van der Waals surface area contributed by atoms with E-state index in [1.807, 2.05) is 34.4 Å². The highest BCUT2D eigenvalue weighted by molar-refractivity contribution is 14.1. The molecule has 1 saturated carbocycles. The highest BCUT2D eigenvalue weighted by atomic mass is 127. The minimum absolute atomic E-state index is 0.0698. The summed E-state index contributed by atoms with van der Waals surface area (Å²) < 4.78 is 0.649. The predicted octanol–water partition coefficient (Wildman–Crippen LogP) is 2.46. The lowest BCUT2D eigenvalue weighted by atomic mass is 9.95. The fourth-order valence-corrected chi connectivity index (χ4v) is 3.59. The molecule has 0 spiro atoms. The highest BCUT2D eigenvalue weighted by Gasteiger charge is 2.25. The number of H-pyrrole nitrogens is 1. The third-order valence-corrected chi connectivity index (χ3v) is 5.29. The summed E-state index contributed by atoms with van der Waals surface area (Å²) >= 11 is 3.95. The van der Waals surface area contributed by atoms with Crippen LogP contribution in [0.2, 0.25) is 0 Å². The first kappa shape index (κ1) is 13.2. The van der Waals surface area contributed by atoms with E-state index in [1.165, 1.54) is 25.6 Å². The summed E-state index contributed by atoms with van der Waals surface area (Å²) in [7, 11) is 0. The molecule has 1 fully saturated rings. The summed E-state index contributed by atoms with van der Waals surface area (Å²) in [5, 5.41) is 4.06. The van der Waals surface area contributed by atoms with E-state index in [0.717, 1.165) is 12.2 Å². The Labute approximate surface area is 119 Å². The number of anilines is 1. The summed E-state index contributed by atoms with van der Waals surface area (Å²) in [5.74, 6) is 0.723. The quantitative estimate of drug-likeness (QED) is 0.808. The molecular weight excluding hydrogens is 349 g/mol. The molecule has 2 atom stereocenters. The summed E-state index contributed by atoms with van der Waals surface area (Å²) in [4.78, 5) is 18.3. The number of nitrogens with one attached hydrogen (secondary N) is 2. The van der Waals surface area contributed by atoms with E-state index in [0.29, 0.717) is 14.9 Å². The summed E-state index contributed by atoms with van der Waals surface area (Å²) in [6.45, 7) is 0. The number of rotatable bonds is 3. The molecule has 0 aliphatic heterocycles. The minimum Gasteiger partial charge on any atom is -0.365 e. The number of aromatic nitrogens is 2. The molecule has 4 nitrogen and oxygen atoms in total. The third-order valence-electron chi connectivity index (χ3n) is 3.12. The molecule has 0 bridgehead atoms. The summed E-state index contributed by atoms with van der Waals surface area (Å²) in [6, 6.07) is 0.432. The maximum Gasteiger partial charge on any atom is 0.266 e. The van der Waals surface area contributed by atoms with Gasteiger partial charge in [-0.25, -0.2) is 4.98 Å². The van der Waals surface area contributed by atoms with Gasteiger partial charge in [0.15, 0.2) is 0 Å². The first-order chi connectivity index (χ1) is 8.22. The molecule has 0 amide bonds. The lowest BCUT2D eigenvalue weighted by Gasteiger charge is -2.31. The smallest absolute Gasteiger partial charge is 0.266 e. The van der Waals surface area contributed by atoms with E-state index in [9.17, 15) is 4.79 Å². The van der Waals surface area contributed by atoms with Crippen molar-refractivity contribution in [1.82, 2.24) is 9.97 Å². The zero-order valence-corrected chi connectivity index (χ0v) is 12.7. The SMILES string of the molecule is CSC1CCCCC1Nc1nc[nH]c(=O)c1I. The fraction of sp³-hybridized carbons (Fsp3) is 0.636. The van der Waals surface area contributed by atoms with Crippen molar-refractivity contribution in [2.24, 2.45) is 0 Å². The Balaban J connectivity index is 2.13. The maximum absolute atomic E-state index is 11.5. The molecule has 1 aromatic rings. The van der Waals surface area contributed by atoms with Crippen molar-refractivity contribution < 1.29 is 0 Å². The first-order valence-electron chi connectivity index (χ1n) is 5.75. The van der Waals surface area contributed by atoms with E-state index >= 15 is 0 Å². The standard InChI is InChI=1S/C11H16IN3OS/c1-17-8-5-3-2-4-7(8)15-10-9(12)11(16)14-6-13-10/h6-8H,2-5H2,1H3,(H2,13,14,15,16). The third kappa shape index (κ3) is 3.15. The number of hydrogen-bond acceptors (Lipinski definition) is 4. The fourth-order valence-electron chi connectivity index (χ4n) is 2.20. The average Bonchev–Trinajstić information content (AvgIpc) is 2.35. The van der Waals surface area contributed by atoms with Crippen molar-refractivity contribution in [2.75, 3.05) is 11.6 Å². The second-order valence-corrected chi connectivity index (χ2v) is 6.36. The second kappa shape index (κ2) is 6.08. The van der Waals surface area contributed by atoms with Crippen LogP contribution in [0, 0.1) is 3.57 Å². The molecular formula is C11H16IN3OS. The van der Waals surface area contributed by atoms with E-state index in [4.69, 9.17) is 0 Å². The molecule has 2 rings (SSSR count). The number of halogens is 1. The Morgan fingerprint density at radius 3 is 3.06 bits per heavy atom. The van der Waals surface area contributed by atoms with Crippen molar-refractivity contribution in [3.05, 3.63) is 20.3 Å². The Bertz CT molecular complexity index is 437.